The molecule has 1 unspecified atom stereocenters. The van der Waals surface area contributed by atoms with Gasteiger partial charge in [0.1, 0.15) is 12.4 Å². The summed E-state index contributed by atoms with van der Waals surface area (Å²) in [4.78, 5) is 15.1. The summed E-state index contributed by atoms with van der Waals surface area (Å²) in [6.45, 7) is 7.65. The van der Waals surface area contributed by atoms with E-state index < -0.39 is 0 Å². The van der Waals surface area contributed by atoms with Crippen LogP contribution >= 0.6 is 0 Å². The van der Waals surface area contributed by atoms with Crippen LogP contribution in [0.3, 0.4) is 0 Å². The Hall–Kier alpha value is -3.36. The summed E-state index contributed by atoms with van der Waals surface area (Å²) >= 11 is 0. The van der Waals surface area contributed by atoms with Gasteiger partial charge in [-0.05, 0) is 37.6 Å². The number of hydrogen-bond donors (Lipinski definition) is 1. The first kappa shape index (κ1) is 23.8. The summed E-state index contributed by atoms with van der Waals surface area (Å²) in [5.74, 6) is 1.58. The maximum atomic E-state index is 12.8. The molecule has 1 aromatic heterocycles. The molecule has 0 aliphatic carbocycles. The van der Waals surface area contributed by atoms with Crippen LogP contribution in [0.1, 0.15) is 32.9 Å². The van der Waals surface area contributed by atoms with E-state index in [-0.39, 0.29) is 12.0 Å². The summed E-state index contributed by atoms with van der Waals surface area (Å²) < 4.78 is 22.4. The molecular formula is C26H31N3O5. The Morgan fingerprint density at radius 2 is 2.00 bits per heavy atom. The molecule has 1 saturated heterocycles. The van der Waals surface area contributed by atoms with Crippen LogP contribution in [0.25, 0.3) is 0 Å². The van der Waals surface area contributed by atoms with E-state index in [1.807, 2.05) is 19.9 Å². The van der Waals surface area contributed by atoms with Crippen molar-refractivity contribution in [3.8, 4) is 11.5 Å². The number of aromatic nitrogens is 1. The highest BCUT2D eigenvalue weighted by atomic mass is 16.5. The number of methoxy groups -OCH3 is 1. The number of carbonyl (C=O) groups excluding carboxylic acids is 1. The highest BCUT2D eigenvalue weighted by molar-refractivity contribution is 5.94. The number of nitrogens with one attached hydrogen (secondary N) is 1. The third-order valence-corrected chi connectivity index (χ3v) is 5.94. The first-order valence-corrected chi connectivity index (χ1v) is 11.4. The van der Waals surface area contributed by atoms with Crippen molar-refractivity contribution in [3.63, 3.8) is 0 Å². The zero-order valence-corrected chi connectivity index (χ0v) is 19.9. The van der Waals surface area contributed by atoms with Crippen LogP contribution in [-0.2, 0) is 17.9 Å². The van der Waals surface area contributed by atoms with Gasteiger partial charge in [0.05, 0.1) is 31.1 Å². The van der Waals surface area contributed by atoms with Crippen LogP contribution in [-0.4, -0.2) is 55.4 Å². The van der Waals surface area contributed by atoms with Crippen molar-refractivity contribution in [1.82, 2.24) is 15.4 Å². The molecule has 1 atom stereocenters. The molecule has 1 fully saturated rings. The number of carbonyl (C=O) groups is 1. The van der Waals surface area contributed by atoms with E-state index in [1.165, 1.54) is 5.56 Å². The maximum Gasteiger partial charge on any atom is 0.251 e. The third-order valence-electron chi connectivity index (χ3n) is 5.94. The fourth-order valence-corrected chi connectivity index (χ4v) is 3.98. The molecule has 1 aliphatic heterocycles. The van der Waals surface area contributed by atoms with Crippen molar-refractivity contribution in [2.75, 3.05) is 33.4 Å². The summed E-state index contributed by atoms with van der Waals surface area (Å²) in [6, 6.07) is 15.5. The number of ether oxygens (including phenoxy) is 3. The smallest absolute Gasteiger partial charge is 0.251 e. The molecule has 2 aromatic carbocycles. The molecule has 0 spiro atoms. The molecule has 1 aliphatic rings. The zero-order chi connectivity index (χ0) is 23.9. The Labute approximate surface area is 199 Å². The van der Waals surface area contributed by atoms with E-state index in [4.69, 9.17) is 18.7 Å². The van der Waals surface area contributed by atoms with Gasteiger partial charge in [0.15, 0.2) is 11.5 Å². The van der Waals surface area contributed by atoms with Crippen LogP contribution < -0.4 is 14.8 Å². The predicted octanol–water partition coefficient (Wildman–Crippen LogP) is 3.51. The maximum absolute atomic E-state index is 12.8. The van der Waals surface area contributed by atoms with Gasteiger partial charge in [-0.25, -0.2) is 0 Å². The van der Waals surface area contributed by atoms with Crippen LogP contribution in [0.15, 0.2) is 53.1 Å². The standard InChI is InChI=1S/C26H31N3O5/c1-18-23(19(2)34-28-18)17-33-24-10-9-21(13-25(24)31-3)26(30)27-14-22-16-29(11-12-32-22)15-20-7-5-4-6-8-20/h4-10,13,22H,11-12,14-17H2,1-3H3,(H,27,30). The van der Waals surface area contributed by atoms with E-state index in [0.717, 1.165) is 36.7 Å². The number of hydrogen-bond acceptors (Lipinski definition) is 7. The van der Waals surface area contributed by atoms with Crippen molar-refractivity contribution < 1.29 is 23.5 Å². The number of rotatable bonds is 9. The quantitative estimate of drug-likeness (QED) is 0.518. The van der Waals surface area contributed by atoms with Crippen LogP contribution in [0.2, 0.25) is 0 Å². The van der Waals surface area contributed by atoms with Gasteiger partial charge in [-0.1, -0.05) is 35.5 Å². The molecule has 0 saturated carbocycles. The lowest BCUT2D eigenvalue weighted by Gasteiger charge is -2.33. The van der Waals surface area contributed by atoms with Gasteiger partial charge < -0.3 is 24.1 Å². The first-order chi connectivity index (χ1) is 16.5. The Kier molecular flexibility index (Phi) is 7.82. The summed E-state index contributed by atoms with van der Waals surface area (Å²) in [6.07, 6.45) is -0.0547. The molecule has 8 heteroatoms. The number of aryl methyl sites for hydroxylation is 2. The lowest BCUT2D eigenvalue weighted by Crippen LogP contribution is -2.47. The molecule has 1 amide bonds. The minimum absolute atomic E-state index is 0.0547. The molecule has 3 aromatic rings. The van der Waals surface area contributed by atoms with E-state index in [2.05, 4.69) is 39.6 Å². The molecule has 34 heavy (non-hydrogen) atoms. The second kappa shape index (κ2) is 11.2. The van der Waals surface area contributed by atoms with E-state index in [0.29, 0.717) is 36.8 Å². The molecule has 0 radical (unpaired) electrons. The van der Waals surface area contributed by atoms with E-state index in [1.54, 1.807) is 25.3 Å². The lowest BCUT2D eigenvalue weighted by atomic mass is 10.1. The number of amides is 1. The minimum atomic E-state index is -0.181. The largest absolute Gasteiger partial charge is 0.493 e. The van der Waals surface area contributed by atoms with Crippen LogP contribution in [0.4, 0.5) is 0 Å². The molecular weight excluding hydrogens is 434 g/mol. The average molecular weight is 466 g/mol. The molecule has 2 heterocycles. The molecule has 8 nitrogen and oxygen atoms in total. The van der Waals surface area contributed by atoms with E-state index in [9.17, 15) is 4.79 Å². The highest BCUT2D eigenvalue weighted by Gasteiger charge is 2.22. The minimum Gasteiger partial charge on any atom is -0.493 e. The van der Waals surface area contributed by atoms with Gasteiger partial charge in [0, 0.05) is 31.7 Å². The lowest BCUT2D eigenvalue weighted by molar-refractivity contribution is -0.0292. The second-order valence-corrected chi connectivity index (χ2v) is 8.38. The molecule has 0 bridgehead atoms. The Bertz CT molecular complexity index is 1080. The number of nitrogens with zero attached hydrogens (tertiary/aromatic N) is 2. The zero-order valence-electron chi connectivity index (χ0n) is 19.9. The highest BCUT2D eigenvalue weighted by Crippen LogP contribution is 2.29. The summed E-state index contributed by atoms with van der Waals surface area (Å²) in [5, 5.41) is 6.93. The average Bonchev–Trinajstić information content (AvgIpc) is 3.18. The van der Waals surface area contributed by atoms with Crippen LogP contribution in [0, 0.1) is 13.8 Å². The molecule has 1 N–H and O–H groups in total. The van der Waals surface area contributed by atoms with Crippen molar-refractivity contribution >= 4 is 5.91 Å². The number of morpholine rings is 1. The van der Waals surface area contributed by atoms with Gasteiger partial charge in [-0.2, -0.15) is 0 Å². The third kappa shape index (κ3) is 5.95. The fraction of sp³-hybridized carbons (Fsp3) is 0.385. The fourth-order valence-electron chi connectivity index (χ4n) is 3.98. The monoisotopic (exact) mass is 465 g/mol. The predicted molar refractivity (Wildman–Crippen MR) is 127 cm³/mol. The van der Waals surface area contributed by atoms with Gasteiger partial charge in [-0.15, -0.1) is 0 Å². The Balaban J connectivity index is 1.31. The topological polar surface area (TPSA) is 86.1 Å². The van der Waals surface area contributed by atoms with E-state index >= 15 is 0 Å². The Morgan fingerprint density at radius 3 is 2.74 bits per heavy atom. The van der Waals surface area contributed by atoms with Gasteiger partial charge >= 0.3 is 0 Å². The molecule has 180 valence electrons. The van der Waals surface area contributed by atoms with Gasteiger partial charge in [-0.3, -0.25) is 9.69 Å². The van der Waals surface area contributed by atoms with Gasteiger partial charge in [0.25, 0.3) is 5.91 Å². The van der Waals surface area contributed by atoms with Crippen molar-refractivity contribution in [1.29, 1.82) is 0 Å². The van der Waals surface area contributed by atoms with Crippen molar-refractivity contribution in [2.45, 2.75) is 33.1 Å². The number of benzene rings is 2. The SMILES string of the molecule is COc1cc(C(=O)NCC2CN(Cc3ccccc3)CCO2)ccc1OCc1c(C)noc1C. The van der Waals surface area contributed by atoms with Crippen molar-refractivity contribution in [3.05, 3.63) is 76.7 Å². The summed E-state index contributed by atoms with van der Waals surface area (Å²) in [5.41, 5.74) is 3.46. The van der Waals surface area contributed by atoms with Gasteiger partial charge in [0.2, 0.25) is 0 Å². The summed E-state index contributed by atoms with van der Waals surface area (Å²) in [7, 11) is 1.55. The second-order valence-electron chi connectivity index (χ2n) is 8.38. The first-order valence-electron chi connectivity index (χ1n) is 11.4. The molecule has 4 rings (SSSR count). The normalized spacial score (nSPS) is 16.3. The van der Waals surface area contributed by atoms with Crippen molar-refractivity contribution in [2.24, 2.45) is 0 Å². The Morgan fingerprint density at radius 1 is 1.18 bits per heavy atom. The van der Waals surface area contributed by atoms with Crippen LogP contribution in [0.5, 0.6) is 11.5 Å².